The van der Waals surface area contributed by atoms with Crippen LogP contribution in [0.1, 0.15) is 175 Å². The summed E-state index contributed by atoms with van der Waals surface area (Å²) in [5, 5.41) is 57.2. The van der Waals surface area contributed by atoms with E-state index in [4.69, 9.17) is 18.6 Å². The molecular weight excluding hydrogens is 1550 g/mol. The molecular formula is C105H103N5O12Si. The number of esters is 2. The number of carbonyl (C=O) groups excluding carboxylic acids is 2. The van der Waals surface area contributed by atoms with E-state index in [2.05, 4.69) is 109 Å². The topological polar surface area (TPSA) is 257 Å². The van der Waals surface area contributed by atoms with Crippen molar-refractivity contribution in [3.05, 3.63) is 449 Å². The van der Waals surface area contributed by atoms with Crippen molar-refractivity contribution >= 4 is 20.3 Å². The van der Waals surface area contributed by atoms with E-state index in [9.17, 15) is 40.2 Å². The van der Waals surface area contributed by atoms with Gasteiger partial charge in [0.05, 0.1) is 40.9 Å². The molecule has 0 aliphatic rings. The van der Waals surface area contributed by atoms with Crippen LogP contribution in [0.5, 0.6) is 57.5 Å². The number of aromatic nitrogens is 5. The van der Waals surface area contributed by atoms with Crippen LogP contribution in [0.3, 0.4) is 0 Å². The van der Waals surface area contributed by atoms with E-state index in [1.807, 2.05) is 219 Å². The molecule has 15 rings (SSSR count). The fourth-order valence-electron chi connectivity index (χ4n) is 13.9. The first-order valence-corrected chi connectivity index (χ1v) is 43.6. The molecule has 4 unspecified atom stereocenters. The largest absolute Gasteiger partial charge is 0.544 e. The van der Waals surface area contributed by atoms with Crippen molar-refractivity contribution in [2.75, 3.05) is 0 Å². The van der Waals surface area contributed by atoms with Crippen LogP contribution in [-0.4, -0.2) is 81.9 Å². The van der Waals surface area contributed by atoms with Crippen molar-refractivity contribution in [2.24, 2.45) is 0 Å². The highest BCUT2D eigenvalue weighted by Gasteiger charge is 2.39. The van der Waals surface area contributed by atoms with Crippen LogP contribution in [0.25, 0.3) is 0 Å². The molecule has 624 valence electrons. The van der Waals surface area contributed by atoms with Crippen molar-refractivity contribution in [3.8, 4) is 57.5 Å². The third kappa shape index (κ3) is 26.0. The summed E-state index contributed by atoms with van der Waals surface area (Å²) >= 11 is 0. The van der Waals surface area contributed by atoms with Gasteiger partial charge in [-0.2, -0.15) is 0 Å². The van der Waals surface area contributed by atoms with E-state index in [1.54, 1.807) is 110 Å². The van der Waals surface area contributed by atoms with Crippen LogP contribution in [0.2, 0.25) is 18.1 Å². The van der Waals surface area contributed by atoms with Gasteiger partial charge in [0, 0.05) is 69.1 Å². The molecule has 10 aromatic carbocycles. The predicted octanol–water partition coefficient (Wildman–Crippen LogP) is 23.3. The summed E-state index contributed by atoms with van der Waals surface area (Å²) in [7, 11) is -1.89. The van der Waals surface area contributed by atoms with Gasteiger partial charge in [-0.25, -0.2) is 0 Å². The Bertz CT molecular complexity index is 5470. The molecule has 15 aromatic rings. The number of rotatable bonds is 23. The van der Waals surface area contributed by atoms with Crippen LogP contribution in [0.15, 0.2) is 365 Å². The molecule has 0 aliphatic heterocycles. The Kier molecular flexibility index (Phi) is 31.6. The Morgan fingerprint density at radius 3 is 0.862 bits per heavy atom. The van der Waals surface area contributed by atoms with Gasteiger partial charge in [-0.1, -0.05) is 180 Å². The van der Waals surface area contributed by atoms with Crippen LogP contribution in [-0.2, 0) is 9.59 Å². The van der Waals surface area contributed by atoms with Gasteiger partial charge >= 0.3 is 11.9 Å². The van der Waals surface area contributed by atoms with Gasteiger partial charge in [-0.05, 0) is 274 Å². The number of ether oxygens (including phenoxy) is 3. The van der Waals surface area contributed by atoms with E-state index in [-0.39, 0.29) is 87.2 Å². The maximum atomic E-state index is 11.2. The molecule has 0 saturated heterocycles. The summed E-state index contributed by atoms with van der Waals surface area (Å²) in [5.74, 6) is 3.60. The third-order valence-corrected chi connectivity index (χ3v) is 25.3. The van der Waals surface area contributed by atoms with Crippen molar-refractivity contribution in [2.45, 2.75) is 115 Å². The predicted molar refractivity (Wildman–Crippen MR) is 486 cm³/mol. The molecule has 0 radical (unpaired) electrons. The molecule has 0 aliphatic carbocycles. The Hall–Kier alpha value is -14.5. The van der Waals surface area contributed by atoms with Crippen molar-refractivity contribution < 1.29 is 58.9 Å². The minimum atomic E-state index is -1.89. The van der Waals surface area contributed by atoms with E-state index in [1.165, 1.54) is 13.8 Å². The Morgan fingerprint density at radius 1 is 0.317 bits per heavy atom. The van der Waals surface area contributed by atoms with Gasteiger partial charge in [-0.3, -0.25) is 34.5 Å². The lowest BCUT2D eigenvalue weighted by molar-refractivity contribution is -0.132. The second-order valence-electron chi connectivity index (χ2n) is 31.1. The molecule has 0 amide bonds. The molecule has 0 spiro atoms. The number of nitrogens with zero attached hydrogens (tertiary/aromatic N) is 5. The summed E-state index contributed by atoms with van der Waals surface area (Å²) in [6.45, 7) is 18.3. The Balaban J connectivity index is 0.000000151. The van der Waals surface area contributed by atoms with Gasteiger partial charge in [0.2, 0.25) is 8.32 Å². The summed E-state index contributed by atoms with van der Waals surface area (Å²) in [5.41, 5.74) is 15.8. The fraction of sp³-hybridized carbons (Fsp3) is 0.171. The number of hydrogen-bond donors (Lipinski definition) is 6. The monoisotopic (exact) mass is 1650 g/mol. The van der Waals surface area contributed by atoms with Crippen molar-refractivity contribution in [3.63, 3.8) is 0 Å². The highest BCUT2D eigenvalue weighted by atomic mass is 28.4. The quantitative estimate of drug-likeness (QED) is 0.0198. The van der Waals surface area contributed by atoms with Gasteiger partial charge in [0.1, 0.15) is 57.5 Å². The Morgan fingerprint density at radius 2 is 0.593 bits per heavy atom. The van der Waals surface area contributed by atoms with Crippen molar-refractivity contribution in [1.29, 1.82) is 0 Å². The van der Waals surface area contributed by atoms with E-state index >= 15 is 0 Å². The number of carbonyl (C=O) groups is 2. The maximum absolute atomic E-state index is 11.2. The van der Waals surface area contributed by atoms with Crippen LogP contribution in [0, 0.1) is 0 Å². The first-order chi connectivity index (χ1) is 59.3. The van der Waals surface area contributed by atoms with Gasteiger partial charge in [-0.15, -0.1) is 0 Å². The van der Waals surface area contributed by atoms with Crippen LogP contribution >= 0.6 is 0 Å². The average molecular weight is 1660 g/mol. The molecule has 0 saturated carbocycles. The highest BCUT2D eigenvalue weighted by Crippen LogP contribution is 2.41. The standard InChI is InChI=1S/C26H31NO3Si.C23H25NO2.C20H17NO3.2C18H15NO2/c1-19(28)29-22-14-10-20(11-15-22)25(24-9-7-8-18-27-24)21-12-16-23(17-13-21)30-31(5,6)26(2,3)4;1-3-6-17(2)26-21-14-10-19(11-15-21)23(22-7-4-5-16-24-22)18-8-12-20(25)13-9-18;1-14(22)24-18-11-7-16(8-12-18)20(19-4-2-3-13-21-19)15-5-9-17(23)10-6-15;20-16-5-1-13(2-6-16)18(15-9-11-19-12-10-15)14-3-7-17(21)8-4-14;20-16-7-3-13(4-8-16)18(15-2-1-11-19-12-15)14-5-9-17(21)10-6-14/h7-18,25H,1-6H3;4-5,7-17,23,25H,3,6H2,1-2H3;2-13,20,23H,1H3;2*1-12,18,20-21H. The molecule has 123 heavy (non-hydrogen) atoms. The Labute approximate surface area is 721 Å². The lowest BCUT2D eigenvalue weighted by atomic mass is 9.85. The lowest BCUT2D eigenvalue weighted by Gasteiger charge is -2.36. The highest BCUT2D eigenvalue weighted by molar-refractivity contribution is 6.74. The van der Waals surface area contributed by atoms with Crippen LogP contribution < -0.4 is 18.6 Å². The number of aromatic hydroxyl groups is 6. The molecule has 6 N–H and O–H groups in total. The number of benzene rings is 10. The molecule has 0 fully saturated rings. The molecule has 5 aromatic heterocycles. The minimum Gasteiger partial charge on any atom is -0.544 e. The summed E-state index contributed by atoms with van der Waals surface area (Å²) < 4.78 is 22.7. The fourth-order valence-corrected chi connectivity index (χ4v) is 14.9. The number of hydrogen-bond acceptors (Lipinski definition) is 17. The molecule has 4 atom stereocenters. The summed E-state index contributed by atoms with van der Waals surface area (Å²) in [6, 6.07) is 100. The second-order valence-corrected chi connectivity index (χ2v) is 35.8. The third-order valence-electron chi connectivity index (χ3n) is 21.0. The second kappa shape index (κ2) is 43.5. The van der Waals surface area contributed by atoms with E-state index in [0.29, 0.717) is 11.5 Å². The molecule has 18 heteroatoms. The first-order valence-electron chi connectivity index (χ1n) is 40.7. The van der Waals surface area contributed by atoms with Gasteiger partial charge in [0.15, 0.2) is 0 Å². The summed E-state index contributed by atoms with van der Waals surface area (Å²) in [4.78, 5) is 44.2. The first kappa shape index (κ1) is 89.3. The van der Waals surface area contributed by atoms with Gasteiger partial charge < -0.3 is 49.3 Å². The lowest BCUT2D eigenvalue weighted by Crippen LogP contribution is -2.43. The average Bonchev–Trinajstić information content (AvgIpc) is 0.808. The smallest absolute Gasteiger partial charge is 0.308 e. The molecule has 0 bridgehead atoms. The number of phenols is 6. The number of phenolic OH excluding ortho intramolecular Hbond substituents is 6. The van der Waals surface area contributed by atoms with Gasteiger partial charge in [0.25, 0.3) is 0 Å². The number of pyridine rings is 5. The zero-order valence-electron chi connectivity index (χ0n) is 70.4. The zero-order chi connectivity index (χ0) is 87.3. The van der Waals surface area contributed by atoms with E-state index < -0.39 is 8.32 Å². The minimum absolute atomic E-state index is 0.0129. The van der Waals surface area contributed by atoms with Crippen molar-refractivity contribution in [1.82, 2.24) is 24.9 Å². The summed E-state index contributed by atoms with van der Waals surface area (Å²) in [6.07, 6.45) is 14.9. The van der Waals surface area contributed by atoms with Crippen LogP contribution in [0.4, 0.5) is 0 Å². The molecule has 5 heterocycles. The normalized spacial score (nSPS) is 12.0. The molecule has 17 nitrogen and oxygen atoms in total. The SMILES string of the molecule is CC(=O)Oc1ccc(C(c2ccc(O)cc2)c2ccccn2)cc1.CC(=O)Oc1ccc(C(c2ccc(O[Si](C)(C)C(C)(C)C)cc2)c2ccccn2)cc1.CCCC(C)Oc1ccc(C(c2ccc(O)cc2)c2ccccn2)cc1.Oc1ccc(C(c2ccc(O)cc2)c2cccnc2)cc1.Oc1ccc(C(c2ccncc2)c2ccc(O)cc2)cc1. The maximum Gasteiger partial charge on any atom is 0.308 e. The zero-order valence-corrected chi connectivity index (χ0v) is 71.4. The van der Waals surface area contributed by atoms with E-state index in [0.717, 1.165) is 108 Å².